The summed E-state index contributed by atoms with van der Waals surface area (Å²) >= 11 is 0. The summed E-state index contributed by atoms with van der Waals surface area (Å²) in [5, 5.41) is 17.1. The van der Waals surface area contributed by atoms with Crippen LogP contribution in [0.5, 0.6) is 0 Å². The zero-order valence-corrected chi connectivity index (χ0v) is 17.8. The van der Waals surface area contributed by atoms with Crippen molar-refractivity contribution in [3.63, 3.8) is 0 Å². The van der Waals surface area contributed by atoms with E-state index in [-0.39, 0.29) is 13.0 Å². The maximum Gasteiger partial charge on any atom is 0.321 e. The number of urea groups is 1. The van der Waals surface area contributed by atoms with Gasteiger partial charge < -0.3 is 15.7 Å². The van der Waals surface area contributed by atoms with Crippen LogP contribution >= 0.6 is 0 Å². The van der Waals surface area contributed by atoms with Gasteiger partial charge in [-0.3, -0.25) is 10.1 Å². The van der Waals surface area contributed by atoms with Crippen LogP contribution in [0.3, 0.4) is 0 Å². The number of carbonyl (C=O) groups is 2. The number of nitrogens with zero attached hydrogens (tertiary/aromatic N) is 1. The van der Waals surface area contributed by atoms with Crippen LogP contribution in [0.4, 0.5) is 10.5 Å². The van der Waals surface area contributed by atoms with E-state index in [9.17, 15) is 9.59 Å². The van der Waals surface area contributed by atoms with Gasteiger partial charge in [-0.05, 0) is 49.1 Å². The van der Waals surface area contributed by atoms with Gasteiger partial charge in [0.05, 0.1) is 13.0 Å². The molecule has 0 atom stereocenters. The number of nitrogens with one attached hydrogen (secondary N) is 3. The Balaban J connectivity index is 2.12. The summed E-state index contributed by atoms with van der Waals surface area (Å²) in [4.78, 5) is 27.3. The third-order valence-electron chi connectivity index (χ3n) is 4.52. The predicted molar refractivity (Wildman–Crippen MR) is 120 cm³/mol. The fourth-order valence-electron chi connectivity index (χ4n) is 2.87. The summed E-state index contributed by atoms with van der Waals surface area (Å²) in [6.45, 7) is 6.66. The number of hydrogen-bond acceptors (Lipinski definition) is 3. The van der Waals surface area contributed by atoms with E-state index in [0.717, 1.165) is 24.1 Å². The molecule has 2 rings (SSSR count). The number of benzene rings is 2. The summed E-state index contributed by atoms with van der Waals surface area (Å²) in [7, 11) is 0. The van der Waals surface area contributed by atoms with Gasteiger partial charge in [-0.1, -0.05) is 49.2 Å². The first-order valence-corrected chi connectivity index (χ1v) is 10.1. The number of carbonyl (C=O) groups excluding carboxylic acids is 1. The van der Waals surface area contributed by atoms with E-state index in [4.69, 9.17) is 5.11 Å². The zero-order valence-electron chi connectivity index (χ0n) is 17.8. The highest BCUT2D eigenvalue weighted by Crippen LogP contribution is 2.16. The van der Waals surface area contributed by atoms with Gasteiger partial charge in [-0.15, -0.1) is 0 Å². The molecule has 0 bridgehead atoms. The van der Waals surface area contributed by atoms with Gasteiger partial charge in [-0.2, -0.15) is 0 Å². The molecule has 0 unspecified atom stereocenters. The van der Waals surface area contributed by atoms with Gasteiger partial charge in [-0.25, -0.2) is 9.79 Å². The number of aryl methyl sites for hydroxylation is 3. The molecule has 0 fully saturated rings. The monoisotopic (exact) mass is 410 g/mol. The fourth-order valence-corrected chi connectivity index (χ4v) is 2.87. The first-order chi connectivity index (χ1) is 14.4. The second-order valence-electron chi connectivity index (χ2n) is 7.19. The van der Waals surface area contributed by atoms with Gasteiger partial charge in [0.1, 0.15) is 0 Å². The lowest BCUT2D eigenvalue weighted by Crippen LogP contribution is -2.43. The number of aliphatic carboxylic acids is 1. The predicted octanol–water partition coefficient (Wildman–Crippen LogP) is 4.00. The SMILES string of the molecule is CCCc1ccc(NC(=NCc2ccc(C)cc2)NC(=O)NCCC(=O)O)cc1C. The van der Waals surface area contributed by atoms with Crippen LogP contribution in [0, 0.1) is 13.8 Å². The highest BCUT2D eigenvalue weighted by atomic mass is 16.4. The second-order valence-corrected chi connectivity index (χ2v) is 7.19. The van der Waals surface area contributed by atoms with E-state index in [0.29, 0.717) is 12.5 Å². The Bertz CT molecular complexity index is 892. The highest BCUT2D eigenvalue weighted by Gasteiger charge is 2.08. The molecule has 0 aliphatic rings. The van der Waals surface area contributed by atoms with Crippen molar-refractivity contribution < 1.29 is 14.7 Å². The Morgan fingerprint density at radius 2 is 1.80 bits per heavy atom. The van der Waals surface area contributed by atoms with Crippen LogP contribution < -0.4 is 16.0 Å². The van der Waals surface area contributed by atoms with Crippen molar-refractivity contribution in [3.8, 4) is 0 Å². The molecule has 4 N–H and O–H groups in total. The first-order valence-electron chi connectivity index (χ1n) is 10.1. The van der Waals surface area contributed by atoms with Crippen molar-refractivity contribution in [3.05, 3.63) is 64.7 Å². The Hall–Kier alpha value is -3.35. The Kier molecular flexibility index (Phi) is 8.87. The largest absolute Gasteiger partial charge is 0.481 e. The van der Waals surface area contributed by atoms with Crippen molar-refractivity contribution in [2.45, 2.75) is 46.6 Å². The molecule has 0 spiro atoms. The molecule has 0 aliphatic carbocycles. The molecular weight excluding hydrogens is 380 g/mol. The van der Waals surface area contributed by atoms with Crippen molar-refractivity contribution in [2.75, 3.05) is 11.9 Å². The summed E-state index contributed by atoms with van der Waals surface area (Å²) in [6.07, 6.45) is 1.95. The summed E-state index contributed by atoms with van der Waals surface area (Å²) in [6, 6.07) is 13.6. The van der Waals surface area contributed by atoms with Gasteiger partial charge >= 0.3 is 12.0 Å². The number of aliphatic imine (C=N–C) groups is 1. The lowest BCUT2D eigenvalue weighted by molar-refractivity contribution is -0.136. The van der Waals surface area contributed by atoms with E-state index >= 15 is 0 Å². The van der Waals surface area contributed by atoms with Crippen LogP contribution in [0.2, 0.25) is 0 Å². The summed E-state index contributed by atoms with van der Waals surface area (Å²) < 4.78 is 0. The van der Waals surface area contributed by atoms with Crippen molar-refractivity contribution in [2.24, 2.45) is 4.99 Å². The van der Waals surface area contributed by atoms with E-state index in [2.05, 4.69) is 40.9 Å². The van der Waals surface area contributed by atoms with Crippen LogP contribution in [-0.2, 0) is 17.8 Å². The molecule has 7 nitrogen and oxygen atoms in total. The van der Waals surface area contributed by atoms with Gasteiger partial charge in [0.15, 0.2) is 0 Å². The topological polar surface area (TPSA) is 103 Å². The standard InChI is InChI=1S/C23H30N4O3/c1-4-5-19-10-11-20(14-17(19)3)26-22(27-23(30)24-13-12-21(28)29)25-15-18-8-6-16(2)7-9-18/h6-11,14H,4-5,12-13,15H2,1-3H3,(H,28,29)(H3,24,25,26,27,30). The third-order valence-corrected chi connectivity index (χ3v) is 4.52. The molecule has 0 aromatic heterocycles. The zero-order chi connectivity index (χ0) is 21.9. The maximum atomic E-state index is 12.2. The van der Waals surface area contributed by atoms with Gasteiger partial charge in [0.25, 0.3) is 0 Å². The lowest BCUT2D eigenvalue weighted by Gasteiger charge is -2.14. The van der Waals surface area contributed by atoms with Crippen LogP contribution in [-0.4, -0.2) is 29.6 Å². The minimum atomic E-state index is -0.968. The number of rotatable bonds is 8. The van der Waals surface area contributed by atoms with E-state index in [1.54, 1.807) is 0 Å². The van der Waals surface area contributed by atoms with Crippen molar-refractivity contribution in [1.82, 2.24) is 10.6 Å². The number of hydrogen-bond donors (Lipinski definition) is 4. The molecule has 0 aliphatic heterocycles. The van der Waals surface area contributed by atoms with Crippen LogP contribution in [0.1, 0.15) is 42.0 Å². The molecule has 0 saturated heterocycles. The second kappa shape index (κ2) is 11.6. The van der Waals surface area contributed by atoms with Crippen LogP contribution in [0.25, 0.3) is 0 Å². The van der Waals surface area contributed by atoms with E-state index in [1.807, 2.05) is 43.3 Å². The fraction of sp³-hybridized carbons (Fsp3) is 0.348. The highest BCUT2D eigenvalue weighted by molar-refractivity contribution is 6.03. The van der Waals surface area contributed by atoms with Crippen LogP contribution in [0.15, 0.2) is 47.5 Å². The maximum absolute atomic E-state index is 12.2. The van der Waals surface area contributed by atoms with Gasteiger partial charge in [0.2, 0.25) is 5.96 Å². The molecular formula is C23H30N4O3. The average Bonchev–Trinajstić information content (AvgIpc) is 2.69. The number of amides is 2. The van der Waals surface area contributed by atoms with E-state index < -0.39 is 12.0 Å². The molecule has 160 valence electrons. The molecule has 2 aromatic carbocycles. The van der Waals surface area contributed by atoms with Gasteiger partial charge in [0, 0.05) is 12.2 Å². The molecule has 0 heterocycles. The quantitative estimate of drug-likeness (QED) is 0.390. The normalized spacial score (nSPS) is 11.1. The Morgan fingerprint density at radius 1 is 1.07 bits per heavy atom. The summed E-state index contributed by atoms with van der Waals surface area (Å²) in [5.41, 5.74) is 5.47. The number of carboxylic acids is 1. The van der Waals surface area contributed by atoms with Crippen molar-refractivity contribution >= 4 is 23.6 Å². The number of guanidine groups is 1. The summed E-state index contributed by atoms with van der Waals surface area (Å²) in [5.74, 6) is -0.671. The first kappa shape index (κ1) is 22.9. The minimum absolute atomic E-state index is 0.0389. The van der Waals surface area contributed by atoms with E-state index in [1.165, 1.54) is 16.7 Å². The molecule has 0 saturated carbocycles. The average molecular weight is 411 g/mol. The molecule has 2 aromatic rings. The molecule has 2 amide bonds. The smallest absolute Gasteiger partial charge is 0.321 e. The third kappa shape index (κ3) is 7.95. The molecule has 0 radical (unpaired) electrons. The number of carboxylic acid groups (broad SMARTS) is 1. The van der Waals surface area contributed by atoms with Crippen molar-refractivity contribution in [1.29, 1.82) is 0 Å². The Labute approximate surface area is 177 Å². The minimum Gasteiger partial charge on any atom is -0.481 e. The lowest BCUT2D eigenvalue weighted by atomic mass is 10.0. The number of anilines is 1. The molecule has 7 heteroatoms. The Morgan fingerprint density at radius 3 is 2.43 bits per heavy atom. The molecule has 30 heavy (non-hydrogen) atoms.